The zero-order chi connectivity index (χ0) is 12.5. The molecule has 0 aromatic carbocycles. The number of nitrogens with zero attached hydrogens (tertiary/aromatic N) is 1. The minimum absolute atomic E-state index is 0.532. The highest BCUT2D eigenvalue weighted by Crippen LogP contribution is 2.19. The van der Waals surface area contributed by atoms with Gasteiger partial charge in [-0.3, -0.25) is 0 Å². The van der Waals surface area contributed by atoms with Gasteiger partial charge in [-0.25, -0.2) is 0 Å². The molecule has 98 valence electrons. The summed E-state index contributed by atoms with van der Waals surface area (Å²) in [5.41, 5.74) is 1.44. The van der Waals surface area contributed by atoms with Gasteiger partial charge in [0.25, 0.3) is 0 Å². The van der Waals surface area contributed by atoms with Crippen LogP contribution in [0.1, 0.15) is 45.2 Å². The quantitative estimate of drug-likeness (QED) is 0.677. The summed E-state index contributed by atoms with van der Waals surface area (Å²) in [5.74, 6) is 2.42. The van der Waals surface area contributed by atoms with Crippen LogP contribution in [0.5, 0.6) is 0 Å². The highest BCUT2D eigenvalue weighted by Gasteiger charge is 2.10. The monoisotopic (exact) mass is 254 g/mol. The summed E-state index contributed by atoms with van der Waals surface area (Å²) >= 11 is 2.00. The first-order chi connectivity index (χ1) is 8.31. The summed E-state index contributed by atoms with van der Waals surface area (Å²) in [5, 5.41) is 3.56. The summed E-state index contributed by atoms with van der Waals surface area (Å²) in [6.07, 6.45) is 6.97. The molecular weight excluding hydrogens is 228 g/mol. The Labute approximate surface area is 110 Å². The molecule has 0 aliphatic heterocycles. The van der Waals surface area contributed by atoms with Crippen LogP contribution in [0.3, 0.4) is 0 Å². The van der Waals surface area contributed by atoms with Crippen molar-refractivity contribution in [2.45, 2.75) is 46.2 Å². The smallest absolute Gasteiger partial charge is 0.0335 e. The lowest BCUT2D eigenvalue weighted by molar-refractivity contribution is 0.508. The molecule has 0 aliphatic rings. The van der Waals surface area contributed by atoms with E-state index in [1.807, 2.05) is 11.8 Å². The summed E-state index contributed by atoms with van der Waals surface area (Å²) in [6.45, 7) is 8.82. The molecule has 2 nitrogen and oxygen atoms in total. The van der Waals surface area contributed by atoms with Gasteiger partial charge >= 0.3 is 0 Å². The standard InChI is InChI=1S/C14H26N2S/c1-4-7-14(15-5-2)13-8-9-16(12-13)10-11-17-6-3/h8-9,12,14-15H,4-7,10-11H2,1-3H3. The number of aryl methyl sites for hydroxylation is 1. The van der Waals surface area contributed by atoms with Gasteiger partial charge in [0.2, 0.25) is 0 Å². The Morgan fingerprint density at radius 1 is 1.35 bits per heavy atom. The van der Waals surface area contributed by atoms with Crippen LogP contribution >= 0.6 is 11.8 Å². The average molecular weight is 254 g/mol. The van der Waals surface area contributed by atoms with E-state index in [1.54, 1.807) is 0 Å². The lowest BCUT2D eigenvalue weighted by Crippen LogP contribution is -2.20. The Bertz CT molecular complexity index is 290. The molecule has 0 radical (unpaired) electrons. The second-order valence-electron chi connectivity index (χ2n) is 4.28. The van der Waals surface area contributed by atoms with Crippen molar-refractivity contribution in [2.75, 3.05) is 18.1 Å². The summed E-state index contributed by atoms with van der Waals surface area (Å²) in [6, 6.07) is 2.80. The molecule has 1 N–H and O–H groups in total. The van der Waals surface area contributed by atoms with Crippen molar-refractivity contribution in [2.24, 2.45) is 0 Å². The molecule has 0 spiro atoms. The minimum atomic E-state index is 0.532. The SMILES string of the molecule is CCCC(NCC)c1ccn(CCSCC)c1. The highest BCUT2D eigenvalue weighted by molar-refractivity contribution is 7.99. The Morgan fingerprint density at radius 2 is 2.18 bits per heavy atom. The lowest BCUT2D eigenvalue weighted by atomic mass is 10.1. The van der Waals surface area contributed by atoms with Crippen molar-refractivity contribution in [3.8, 4) is 0 Å². The Morgan fingerprint density at radius 3 is 2.82 bits per heavy atom. The Kier molecular flexibility index (Phi) is 7.45. The molecule has 1 aromatic rings. The van der Waals surface area contributed by atoms with Crippen LogP contribution in [0.15, 0.2) is 18.5 Å². The van der Waals surface area contributed by atoms with Crippen molar-refractivity contribution < 1.29 is 0 Å². The maximum atomic E-state index is 3.56. The van der Waals surface area contributed by atoms with Crippen LogP contribution in [0.25, 0.3) is 0 Å². The number of hydrogen-bond donors (Lipinski definition) is 1. The molecule has 0 amide bonds. The molecule has 1 rings (SSSR count). The fraction of sp³-hybridized carbons (Fsp3) is 0.714. The van der Waals surface area contributed by atoms with Crippen LogP contribution < -0.4 is 5.32 Å². The molecule has 0 aliphatic carbocycles. The largest absolute Gasteiger partial charge is 0.353 e. The van der Waals surface area contributed by atoms with Crippen LogP contribution in [0, 0.1) is 0 Å². The van der Waals surface area contributed by atoms with Crippen molar-refractivity contribution in [1.82, 2.24) is 9.88 Å². The van der Waals surface area contributed by atoms with Crippen molar-refractivity contribution in [3.05, 3.63) is 24.0 Å². The van der Waals surface area contributed by atoms with E-state index in [0.29, 0.717) is 6.04 Å². The van der Waals surface area contributed by atoms with Crippen molar-refractivity contribution >= 4 is 11.8 Å². The predicted octanol–water partition coefficient (Wildman–Crippen LogP) is 3.69. The molecule has 0 saturated heterocycles. The molecule has 0 bridgehead atoms. The third-order valence-electron chi connectivity index (χ3n) is 2.90. The van der Waals surface area contributed by atoms with Gasteiger partial charge in [-0.15, -0.1) is 0 Å². The maximum absolute atomic E-state index is 3.56. The van der Waals surface area contributed by atoms with Gasteiger partial charge < -0.3 is 9.88 Å². The second-order valence-corrected chi connectivity index (χ2v) is 5.67. The van der Waals surface area contributed by atoms with E-state index >= 15 is 0 Å². The molecule has 0 fully saturated rings. The fourth-order valence-corrected chi connectivity index (χ4v) is 2.67. The minimum Gasteiger partial charge on any atom is -0.353 e. The third-order valence-corrected chi connectivity index (χ3v) is 3.78. The second kappa shape index (κ2) is 8.65. The number of aromatic nitrogens is 1. The van der Waals surface area contributed by atoms with Crippen LogP contribution in [0.4, 0.5) is 0 Å². The molecule has 3 heteroatoms. The number of rotatable bonds is 9. The van der Waals surface area contributed by atoms with E-state index in [4.69, 9.17) is 0 Å². The molecule has 0 saturated carbocycles. The summed E-state index contributed by atoms with van der Waals surface area (Å²) < 4.78 is 2.32. The van der Waals surface area contributed by atoms with E-state index in [0.717, 1.165) is 13.1 Å². The molecule has 1 unspecified atom stereocenters. The van der Waals surface area contributed by atoms with Gasteiger partial charge in [0, 0.05) is 30.7 Å². The van der Waals surface area contributed by atoms with Gasteiger partial charge in [-0.05, 0) is 30.3 Å². The van der Waals surface area contributed by atoms with E-state index in [1.165, 1.54) is 29.9 Å². The molecule has 17 heavy (non-hydrogen) atoms. The number of thioether (sulfide) groups is 1. The van der Waals surface area contributed by atoms with Gasteiger partial charge in [-0.1, -0.05) is 27.2 Å². The zero-order valence-electron chi connectivity index (χ0n) is 11.4. The molecule has 1 heterocycles. The first-order valence-electron chi connectivity index (χ1n) is 6.78. The van der Waals surface area contributed by atoms with Crippen LogP contribution in [-0.2, 0) is 6.54 Å². The highest BCUT2D eigenvalue weighted by atomic mass is 32.2. The van der Waals surface area contributed by atoms with E-state index < -0.39 is 0 Å². The number of hydrogen-bond acceptors (Lipinski definition) is 2. The Hall–Kier alpha value is -0.410. The topological polar surface area (TPSA) is 17.0 Å². The molecule has 1 atom stereocenters. The molecule has 1 aromatic heterocycles. The van der Waals surface area contributed by atoms with Crippen molar-refractivity contribution in [1.29, 1.82) is 0 Å². The average Bonchev–Trinajstić information content (AvgIpc) is 2.78. The predicted molar refractivity (Wildman–Crippen MR) is 78.8 cm³/mol. The van der Waals surface area contributed by atoms with E-state index in [-0.39, 0.29) is 0 Å². The normalized spacial score (nSPS) is 12.9. The fourth-order valence-electron chi connectivity index (χ4n) is 2.04. The lowest BCUT2D eigenvalue weighted by Gasteiger charge is -2.15. The van der Waals surface area contributed by atoms with Gasteiger partial charge in [0.15, 0.2) is 0 Å². The summed E-state index contributed by atoms with van der Waals surface area (Å²) in [4.78, 5) is 0. The van der Waals surface area contributed by atoms with E-state index in [9.17, 15) is 0 Å². The van der Waals surface area contributed by atoms with E-state index in [2.05, 4.69) is 49.1 Å². The third kappa shape index (κ3) is 5.17. The van der Waals surface area contributed by atoms with Gasteiger partial charge in [-0.2, -0.15) is 11.8 Å². The number of nitrogens with one attached hydrogen (secondary N) is 1. The Balaban J connectivity index is 2.51. The van der Waals surface area contributed by atoms with Gasteiger partial charge in [0.05, 0.1) is 0 Å². The first-order valence-corrected chi connectivity index (χ1v) is 7.94. The maximum Gasteiger partial charge on any atom is 0.0335 e. The van der Waals surface area contributed by atoms with Crippen molar-refractivity contribution in [3.63, 3.8) is 0 Å². The first kappa shape index (κ1) is 14.7. The van der Waals surface area contributed by atoms with Crippen LogP contribution in [0.2, 0.25) is 0 Å². The van der Waals surface area contributed by atoms with Gasteiger partial charge in [0.1, 0.15) is 0 Å². The van der Waals surface area contributed by atoms with Crippen LogP contribution in [-0.4, -0.2) is 22.6 Å². The zero-order valence-corrected chi connectivity index (χ0v) is 12.2. The molecular formula is C14H26N2S. The summed E-state index contributed by atoms with van der Waals surface area (Å²) in [7, 11) is 0.